The number of amides is 1. The molecule has 1 N–H and O–H groups in total. The molecule has 0 fully saturated rings. The van der Waals surface area contributed by atoms with Crippen LogP contribution in [0.5, 0.6) is 5.75 Å². The predicted octanol–water partition coefficient (Wildman–Crippen LogP) is 4.56. The topological polar surface area (TPSA) is 47.6 Å². The largest absolute Gasteiger partial charge is 0.573 e. The first kappa shape index (κ1) is 18.8. The summed E-state index contributed by atoms with van der Waals surface area (Å²) in [6.45, 7) is 3.01. The molecule has 1 unspecified atom stereocenters. The number of halogens is 6. The molecule has 1 amide bonds. The highest BCUT2D eigenvalue weighted by Crippen LogP contribution is 2.48. The van der Waals surface area contributed by atoms with Crippen LogP contribution in [-0.2, 0) is 10.3 Å². The quantitative estimate of drug-likeness (QED) is 0.585. The van der Waals surface area contributed by atoms with Crippen LogP contribution in [0.15, 0.2) is 18.2 Å². The van der Waals surface area contributed by atoms with Gasteiger partial charge in [-0.3, -0.25) is 5.32 Å². The van der Waals surface area contributed by atoms with Crippen LogP contribution in [-0.4, -0.2) is 18.6 Å². The molecule has 2 rings (SSSR count). The van der Waals surface area contributed by atoms with Crippen LogP contribution in [0.1, 0.15) is 19.4 Å². The summed E-state index contributed by atoms with van der Waals surface area (Å²) in [6, 6.07) is 2.12. The van der Waals surface area contributed by atoms with Gasteiger partial charge < -0.3 is 9.47 Å². The number of rotatable bonds is 1. The van der Waals surface area contributed by atoms with Crippen LogP contribution >= 0.6 is 0 Å². The number of alkyl halides is 6. The second kappa shape index (κ2) is 6.06. The van der Waals surface area contributed by atoms with E-state index < -0.39 is 41.5 Å². The molecule has 1 heterocycles. The molecule has 1 aromatic carbocycles. The van der Waals surface area contributed by atoms with Crippen LogP contribution in [0.3, 0.4) is 0 Å². The Morgan fingerprint density at radius 2 is 1.84 bits per heavy atom. The molecule has 1 aliphatic heterocycles. The molecule has 0 aliphatic carbocycles. The minimum atomic E-state index is -5.20. The van der Waals surface area contributed by atoms with Gasteiger partial charge in [-0.15, -0.1) is 13.2 Å². The van der Waals surface area contributed by atoms with Gasteiger partial charge in [0.25, 0.3) is 5.60 Å². The number of cyclic esters (lactones) is 1. The number of nitrogens with one attached hydrogen (secondary N) is 1. The zero-order chi connectivity index (χ0) is 19.0. The molecule has 4 nitrogen and oxygen atoms in total. The van der Waals surface area contributed by atoms with E-state index in [-0.39, 0.29) is 5.69 Å². The van der Waals surface area contributed by atoms with E-state index in [0.717, 1.165) is 12.1 Å². The molecule has 1 aromatic rings. The summed E-state index contributed by atoms with van der Waals surface area (Å²) in [7, 11) is 0. The van der Waals surface area contributed by atoms with E-state index in [4.69, 9.17) is 0 Å². The number of fused-ring (bicyclic) bond motifs is 1. The van der Waals surface area contributed by atoms with Crippen molar-refractivity contribution in [2.45, 2.75) is 32.0 Å². The monoisotopic (exact) mass is 367 g/mol. The Balaban J connectivity index is 2.69. The Labute approximate surface area is 138 Å². The zero-order valence-electron chi connectivity index (χ0n) is 12.8. The third-order valence-corrected chi connectivity index (χ3v) is 3.02. The van der Waals surface area contributed by atoms with Gasteiger partial charge in [0.05, 0.1) is 5.69 Å². The molecular weight excluding hydrogens is 356 g/mol. The molecule has 1 aliphatic rings. The number of hydrogen-bond donors (Lipinski definition) is 1. The molecule has 0 saturated heterocycles. The van der Waals surface area contributed by atoms with E-state index >= 15 is 0 Å². The minimum absolute atomic E-state index is 0.374. The normalized spacial score (nSPS) is 20.1. The Kier molecular flexibility index (Phi) is 4.55. The van der Waals surface area contributed by atoms with Crippen molar-refractivity contribution in [1.29, 1.82) is 0 Å². The number of carbonyl (C=O) groups excluding carboxylic acids is 1. The summed E-state index contributed by atoms with van der Waals surface area (Å²) in [5.74, 6) is 2.70. The van der Waals surface area contributed by atoms with Crippen LogP contribution in [0.4, 0.5) is 36.8 Å². The van der Waals surface area contributed by atoms with Crippen LogP contribution in [0, 0.1) is 17.8 Å². The van der Waals surface area contributed by atoms with Crippen molar-refractivity contribution in [3.63, 3.8) is 0 Å². The van der Waals surface area contributed by atoms with Crippen molar-refractivity contribution in [3.8, 4) is 17.6 Å². The Bertz CT molecular complexity index is 744. The Hall–Kier alpha value is -2.57. The number of hydrogen-bond acceptors (Lipinski definition) is 3. The lowest BCUT2D eigenvalue weighted by molar-refractivity contribution is -0.274. The lowest BCUT2D eigenvalue weighted by Crippen LogP contribution is -2.49. The molecule has 10 heteroatoms. The smallest absolute Gasteiger partial charge is 0.415 e. The molecule has 0 radical (unpaired) electrons. The van der Waals surface area contributed by atoms with Gasteiger partial charge in [-0.2, -0.15) is 13.2 Å². The molecule has 25 heavy (non-hydrogen) atoms. The summed E-state index contributed by atoms with van der Waals surface area (Å²) in [5.41, 5.74) is -4.57. The predicted molar refractivity (Wildman–Crippen MR) is 73.6 cm³/mol. The van der Waals surface area contributed by atoms with E-state index in [1.807, 2.05) is 11.2 Å². The Morgan fingerprint density at radius 3 is 2.36 bits per heavy atom. The van der Waals surface area contributed by atoms with E-state index in [1.165, 1.54) is 13.8 Å². The molecule has 1 atom stereocenters. The van der Waals surface area contributed by atoms with Gasteiger partial charge in [-0.25, -0.2) is 4.79 Å². The van der Waals surface area contributed by atoms with Gasteiger partial charge in [-0.1, -0.05) is 19.8 Å². The fourth-order valence-electron chi connectivity index (χ4n) is 2.07. The first-order chi connectivity index (χ1) is 11.3. The fourth-order valence-corrected chi connectivity index (χ4v) is 2.07. The lowest BCUT2D eigenvalue weighted by atomic mass is 9.89. The first-order valence-electron chi connectivity index (χ1n) is 6.84. The van der Waals surface area contributed by atoms with Gasteiger partial charge in [0.15, 0.2) is 0 Å². The van der Waals surface area contributed by atoms with Crippen LogP contribution in [0.2, 0.25) is 0 Å². The van der Waals surface area contributed by atoms with Crippen molar-refractivity contribution < 1.29 is 40.6 Å². The highest BCUT2D eigenvalue weighted by molar-refractivity contribution is 5.90. The summed E-state index contributed by atoms with van der Waals surface area (Å²) in [6.07, 6.45) is -11.7. The van der Waals surface area contributed by atoms with Crippen molar-refractivity contribution in [1.82, 2.24) is 0 Å². The van der Waals surface area contributed by atoms with E-state index in [9.17, 15) is 31.1 Å². The van der Waals surface area contributed by atoms with E-state index in [2.05, 4.69) is 15.4 Å². The van der Waals surface area contributed by atoms with Crippen LogP contribution < -0.4 is 10.1 Å². The average molecular weight is 367 g/mol. The highest BCUT2D eigenvalue weighted by Gasteiger charge is 2.62. The number of anilines is 1. The maximum absolute atomic E-state index is 13.7. The number of ether oxygens (including phenoxy) is 2. The van der Waals surface area contributed by atoms with Crippen molar-refractivity contribution in [3.05, 3.63) is 23.8 Å². The number of carbonyl (C=O) groups is 1. The van der Waals surface area contributed by atoms with Gasteiger partial charge >= 0.3 is 18.6 Å². The number of benzene rings is 1. The second-order valence-corrected chi connectivity index (χ2v) is 5.37. The maximum Gasteiger partial charge on any atom is 0.573 e. The lowest BCUT2D eigenvalue weighted by Gasteiger charge is -2.36. The summed E-state index contributed by atoms with van der Waals surface area (Å²) < 4.78 is 86.2. The molecule has 0 bridgehead atoms. The first-order valence-corrected chi connectivity index (χ1v) is 6.84. The van der Waals surface area contributed by atoms with Crippen molar-refractivity contribution in [2.24, 2.45) is 5.92 Å². The fraction of sp³-hybridized carbons (Fsp3) is 0.400. The second-order valence-electron chi connectivity index (χ2n) is 5.37. The van der Waals surface area contributed by atoms with Crippen LogP contribution in [0.25, 0.3) is 0 Å². The molecular formula is C15H11F6NO3. The molecule has 136 valence electrons. The van der Waals surface area contributed by atoms with Gasteiger partial charge in [-0.05, 0) is 24.1 Å². The zero-order valence-corrected chi connectivity index (χ0v) is 12.8. The van der Waals surface area contributed by atoms with Crippen molar-refractivity contribution >= 4 is 11.8 Å². The SMILES string of the molecule is CC(C)C#CC1(C(F)(F)F)OC(=O)Nc2ccc(OC(F)(F)F)cc21. The standard InChI is InChI=1S/C15H11F6NO3/c1-8(2)5-6-13(14(16,17)18)10-7-9(24-15(19,20)21)3-4-11(10)22-12(23)25-13/h3-4,7-8H,1-2H3,(H,22,23). The van der Waals surface area contributed by atoms with Gasteiger partial charge in [0.1, 0.15) is 5.75 Å². The summed E-state index contributed by atoms with van der Waals surface area (Å²) in [5, 5.41) is 2.00. The highest BCUT2D eigenvalue weighted by atomic mass is 19.4. The third-order valence-electron chi connectivity index (χ3n) is 3.02. The average Bonchev–Trinajstić information content (AvgIpc) is 2.42. The van der Waals surface area contributed by atoms with Gasteiger partial charge in [0.2, 0.25) is 0 Å². The maximum atomic E-state index is 13.7. The van der Waals surface area contributed by atoms with Crippen molar-refractivity contribution in [2.75, 3.05) is 5.32 Å². The molecule has 0 spiro atoms. The molecule has 0 saturated carbocycles. The minimum Gasteiger partial charge on any atom is -0.415 e. The van der Waals surface area contributed by atoms with Gasteiger partial charge in [0, 0.05) is 11.5 Å². The third kappa shape index (κ3) is 3.92. The Morgan fingerprint density at radius 1 is 1.20 bits per heavy atom. The molecule has 0 aromatic heterocycles. The van der Waals surface area contributed by atoms with E-state index in [0.29, 0.717) is 6.07 Å². The summed E-state index contributed by atoms with van der Waals surface area (Å²) >= 11 is 0. The summed E-state index contributed by atoms with van der Waals surface area (Å²) in [4.78, 5) is 11.5. The van der Waals surface area contributed by atoms with E-state index in [1.54, 1.807) is 0 Å².